The van der Waals surface area contributed by atoms with Gasteiger partial charge in [-0.1, -0.05) is 32.4 Å². The lowest BCUT2D eigenvalue weighted by Gasteiger charge is -2.18. The summed E-state index contributed by atoms with van der Waals surface area (Å²) in [5.41, 5.74) is 1.11. The summed E-state index contributed by atoms with van der Waals surface area (Å²) >= 11 is 5.75. The van der Waals surface area contributed by atoms with Crippen LogP contribution in [0.1, 0.15) is 26.3 Å². The van der Waals surface area contributed by atoms with Crippen LogP contribution in [-0.4, -0.2) is 6.54 Å². The van der Waals surface area contributed by atoms with Crippen molar-refractivity contribution in [2.45, 2.75) is 27.3 Å². The first-order valence-electron chi connectivity index (χ1n) is 5.02. The van der Waals surface area contributed by atoms with E-state index in [0.717, 1.165) is 12.1 Å². The molecule has 1 N–H and O–H groups in total. The van der Waals surface area contributed by atoms with Crippen molar-refractivity contribution in [2.75, 3.05) is 6.54 Å². The molecule has 0 aromatic heterocycles. The lowest BCUT2D eigenvalue weighted by atomic mass is 9.97. The van der Waals surface area contributed by atoms with Crippen molar-refractivity contribution in [2.24, 2.45) is 5.41 Å². The molecule has 0 radical (unpaired) electrons. The minimum absolute atomic E-state index is 0.233. The van der Waals surface area contributed by atoms with Crippen molar-refractivity contribution in [3.63, 3.8) is 0 Å². The van der Waals surface area contributed by atoms with Gasteiger partial charge in [-0.3, -0.25) is 0 Å². The van der Waals surface area contributed by atoms with Gasteiger partial charge in [0.05, 0.1) is 0 Å². The average molecular weight is 230 g/mol. The van der Waals surface area contributed by atoms with Gasteiger partial charge in [-0.25, -0.2) is 4.39 Å². The zero-order chi connectivity index (χ0) is 11.5. The minimum Gasteiger partial charge on any atom is -0.312 e. The van der Waals surface area contributed by atoms with Crippen LogP contribution in [0.4, 0.5) is 4.39 Å². The number of rotatable bonds is 3. The van der Waals surface area contributed by atoms with Crippen molar-refractivity contribution in [1.29, 1.82) is 0 Å². The summed E-state index contributed by atoms with van der Waals surface area (Å²) < 4.78 is 13.0. The van der Waals surface area contributed by atoms with Crippen molar-refractivity contribution in [3.8, 4) is 0 Å². The van der Waals surface area contributed by atoms with Gasteiger partial charge in [0.1, 0.15) is 5.82 Å². The van der Waals surface area contributed by atoms with Crippen molar-refractivity contribution in [3.05, 3.63) is 34.6 Å². The quantitative estimate of drug-likeness (QED) is 0.835. The van der Waals surface area contributed by atoms with Gasteiger partial charge in [0.15, 0.2) is 0 Å². The molecule has 1 nitrogen and oxygen atoms in total. The van der Waals surface area contributed by atoms with Crippen LogP contribution in [0.2, 0.25) is 5.02 Å². The van der Waals surface area contributed by atoms with Crippen LogP contribution in [0.25, 0.3) is 0 Å². The molecule has 0 atom stereocenters. The summed E-state index contributed by atoms with van der Waals surface area (Å²) in [5.74, 6) is -0.282. The van der Waals surface area contributed by atoms with Crippen LogP contribution in [0.15, 0.2) is 18.2 Å². The first-order chi connectivity index (χ1) is 6.87. The number of halogens is 2. The molecule has 0 amide bonds. The van der Waals surface area contributed by atoms with Crippen LogP contribution in [0.3, 0.4) is 0 Å². The summed E-state index contributed by atoms with van der Waals surface area (Å²) in [6.45, 7) is 7.99. The van der Waals surface area contributed by atoms with Gasteiger partial charge < -0.3 is 5.32 Å². The maximum atomic E-state index is 13.0. The summed E-state index contributed by atoms with van der Waals surface area (Å²) in [6.07, 6.45) is 0. The van der Waals surface area contributed by atoms with E-state index in [1.54, 1.807) is 6.07 Å². The van der Waals surface area contributed by atoms with Gasteiger partial charge in [-0.05, 0) is 29.2 Å². The van der Waals surface area contributed by atoms with Gasteiger partial charge in [-0.15, -0.1) is 0 Å². The molecule has 0 bridgehead atoms. The van der Waals surface area contributed by atoms with Gasteiger partial charge in [0.25, 0.3) is 0 Å². The fourth-order valence-corrected chi connectivity index (χ4v) is 1.54. The summed E-state index contributed by atoms with van der Waals surface area (Å²) in [6, 6.07) is 4.59. The molecule has 1 rings (SSSR count). The molecule has 0 saturated carbocycles. The topological polar surface area (TPSA) is 12.0 Å². The molecular weight excluding hydrogens is 213 g/mol. The number of nitrogens with one attached hydrogen (secondary N) is 1. The van der Waals surface area contributed by atoms with Crippen molar-refractivity contribution < 1.29 is 4.39 Å². The standard InChI is InChI=1S/C12H17ClFN/c1-12(2,3)8-15-7-9-4-10(13)6-11(14)5-9/h4-6,15H,7-8H2,1-3H3. The Morgan fingerprint density at radius 2 is 1.93 bits per heavy atom. The van der Waals surface area contributed by atoms with Crippen LogP contribution >= 0.6 is 11.6 Å². The highest BCUT2D eigenvalue weighted by Gasteiger charge is 2.09. The molecule has 0 heterocycles. The Labute approximate surface area is 95.6 Å². The Morgan fingerprint density at radius 1 is 1.27 bits per heavy atom. The smallest absolute Gasteiger partial charge is 0.125 e. The zero-order valence-corrected chi connectivity index (χ0v) is 10.2. The van der Waals surface area contributed by atoms with E-state index < -0.39 is 0 Å². The maximum absolute atomic E-state index is 13.0. The molecule has 0 aliphatic rings. The molecule has 1 aromatic rings. The number of hydrogen-bond acceptors (Lipinski definition) is 1. The highest BCUT2D eigenvalue weighted by Crippen LogP contribution is 2.15. The Kier molecular flexibility index (Phi) is 4.12. The predicted octanol–water partition coefficient (Wildman–Crippen LogP) is 3.61. The average Bonchev–Trinajstić information content (AvgIpc) is 1.99. The van der Waals surface area contributed by atoms with E-state index in [2.05, 4.69) is 26.1 Å². The normalized spacial score (nSPS) is 11.8. The third-order valence-corrected chi connectivity index (χ3v) is 2.13. The van der Waals surface area contributed by atoms with E-state index in [4.69, 9.17) is 11.6 Å². The van der Waals surface area contributed by atoms with Crippen LogP contribution in [-0.2, 0) is 6.54 Å². The second-order valence-electron chi connectivity index (χ2n) is 4.94. The van der Waals surface area contributed by atoms with Gasteiger partial charge in [0.2, 0.25) is 0 Å². The van der Waals surface area contributed by atoms with Crippen molar-refractivity contribution in [1.82, 2.24) is 5.32 Å². The molecular formula is C12H17ClFN. The Hall–Kier alpha value is -0.600. The summed E-state index contributed by atoms with van der Waals surface area (Å²) in [7, 11) is 0. The second-order valence-corrected chi connectivity index (χ2v) is 5.38. The van der Waals surface area contributed by atoms with E-state index in [9.17, 15) is 4.39 Å². The van der Waals surface area contributed by atoms with Crippen LogP contribution < -0.4 is 5.32 Å². The third-order valence-electron chi connectivity index (χ3n) is 1.91. The molecule has 0 aliphatic carbocycles. The van der Waals surface area contributed by atoms with E-state index in [-0.39, 0.29) is 11.2 Å². The number of benzene rings is 1. The SMILES string of the molecule is CC(C)(C)CNCc1cc(F)cc(Cl)c1. The summed E-state index contributed by atoms with van der Waals surface area (Å²) in [5, 5.41) is 3.72. The Bertz CT molecular complexity index is 311. The predicted molar refractivity (Wildman–Crippen MR) is 62.6 cm³/mol. The minimum atomic E-state index is -0.282. The van der Waals surface area contributed by atoms with Crippen LogP contribution in [0, 0.1) is 11.2 Å². The number of hydrogen-bond donors (Lipinski definition) is 1. The van der Waals surface area contributed by atoms with Crippen LogP contribution in [0.5, 0.6) is 0 Å². The molecule has 0 aliphatic heterocycles. The highest BCUT2D eigenvalue weighted by atomic mass is 35.5. The molecule has 0 fully saturated rings. The molecule has 0 unspecified atom stereocenters. The summed E-state index contributed by atoms with van der Waals surface area (Å²) in [4.78, 5) is 0. The fourth-order valence-electron chi connectivity index (χ4n) is 1.29. The highest BCUT2D eigenvalue weighted by molar-refractivity contribution is 6.30. The monoisotopic (exact) mass is 229 g/mol. The van der Waals surface area contributed by atoms with Gasteiger partial charge in [0, 0.05) is 18.1 Å². The molecule has 0 spiro atoms. The van der Waals surface area contributed by atoms with Gasteiger partial charge in [-0.2, -0.15) is 0 Å². The maximum Gasteiger partial charge on any atom is 0.125 e. The molecule has 3 heteroatoms. The van der Waals surface area contributed by atoms with Crippen molar-refractivity contribution >= 4 is 11.6 Å². The van der Waals surface area contributed by atoms with Gasteiger partial charge >= 0.3 is 0 Å². The van der Waals surface area contributed by atoms with E-state index >= 15 is 0 Å². The molecule has 1 aromatic carbocycles. The molecule has 84 valence electrons. The fraction of sp³-hybridized carbons (Fsp3) is 0.500. The first kappa shape index (κ1) is 12.5. The van der Waals surface area contributed by atoms with E-state index in [1.807, 2.05) is 0 Å². The molecule has 15 heavy (non-hydrogen) atoms. The largest absolute Gasteiger partial charge is 0.312 e. The zero-order valence-electron chi connectivity index (χ0n) is 9.40. The second kappa shape index (κ2) is 4.95. The Morgan fingerprint density at radius 3 is 2.47 bits per heavy atom. The lowest BCUT2D eigenvalue weighted by Crippen LogP contribution is -2.26. The third kappa shape index (κ3) is 5.14. The Balaban J connectivity index is 2.51. The lowest BCUT2D eigenvalue weighted by molar-refractivity contribution is 0.379. The van der Waals surface area contributed by atoms with E-state index in [1.165, 1.54) is 12.1 Å². The molecule has 0 saturated heterocycles. The van der Waals surface area contributed by atoms with E-state index in [0.29, 0.717) is 11.6 Å². The first-order valence-corrected chi connectivity index (χ1v) is 5.40.